The summed E-state index contributed by atoms with van der Waals surface area (Å²) in [5.74, 6) is -0.244. The number of rotatable bonds is 6. The van der Waals surface area contributed by atoms with Crippen molar-refractivity contribution in [2.75, 3.05) is 5.32 Å². The first-order chi connectivity index (χ1) is 15.3. The highest BCUT2D eigenvalue weighted by Crippen LogP contribution is 2.25. The number of anilines is 2. The molecule has 2 amide bonds. The van der Waals surface area contributed by atoms with Crippen molar-refractivity contribution < 1.29 is 24.6 Å². The monoisotopic (exact) mass is 443 g/mol. The molecular weight excluding hydrogens is 414 g/mol. The SMILES string of the molecule is CC(C)NC(=O)[C@H]1CC[C@@H](O)[C@H](NC(=O)c2cnc(Nc3ccccc3)nc2)C1.O=CO. The fourth-order valence-electron chi connectivity index (χ4n) is 3.36. The number of benzene rings is 1. The molecule has 3 atom stereocenters. The molecule has 0 saturated heterocycles. The zero-order valence-electron chi connectivity index (χ0n) is 18.1. The number of carbonyl (C=O) groups is 3. The second kappa shape index (κ2) is 12.4. The largest absolute Gasteiger partial charge is 0.483 e. The molecule has 1 fully saturated rings. The lowest BCUT2D eigenvalue weighted by molar-refractivity contribution is -0.127. The number of para-hydroxylation sites is 1. The third-order valence-electron chi connectivity index (χ3n) is 4.88. The van der Waals surface area contributed by atoms with E-state index in [2.05, 4.69) is 25.9 Å². The molecule has 3 rings (SSSR count). The zero-order valence-corrected chi connectivity index (χ0v) is 18.1. The van der Waals surface area contributed by atoms with Gasteiger partial charge in [-0.2, -0.15) is 0 Å². The molecule has 10 nitrogen and oxygen atoms in total. The predicted molar refractivity (Wildman–Crippen MR) is 118 cm³/mol. The summed E-state index contributed by atoms with van der Waals surface area (Å²) in [5.41, 5.74) is 1.14. The van der Waals surface area contributed by atoms with E-state index in [1.54, 1.807) is 0 Å². The fraction of sp³-hybridized carbons (Fsp3) is 0.409. The van der Waals surface area contributed by atoms with Gasteiger partial charge in [0.25, 0.3) is 12.4 Å². The number of hydrogen-bond donors (Lipinski definition) is 5. The van der Waals surface area contributed by atoms with E-state index >= 15 is 0 Å². The van der Waals surface area contributed by atoms with Gasteiger partial charge in [0.2, 0.25) is 11.9 Å². The van der Waals surface area contributed by atoms with Crippen LogP contribution in [0.1, 0.15) is 43.5 Å². The van der Waals surface area contributed by atoms with E-state index in [1.807, 2.05) is 44.2 Å². The van der Waals surface area contributed by atoms with Crippen molar-refractivity contribution in [3.63, 3.8) is 0 Å². The minimum atomic E-state index is -0.679. The summed E-state index contributed by atoms with van der Waals surface area (Å²) in [5, 5.41) is 25.9. The van der Waals surface area contributed by atoms with Crippen LogP contribution in [0.15, 0.2) is 42.7 Å². The van der Waals surface area contributed by atoms with Crippen molar-refractivity contribution in [3.05, 3.63) is 48.3 Å². The fourth-order valence-corrected chi connectivity index (χ4v) is 3.36. The van der Waals surface area contributed by atoms with Crippen molar-refractivity contribution in [1.29, 1.82) is 0 Å². The predicted octanol–water partition coefficient (Wildman–Crippen LogP) is 1.70. The average molecular weight is 444 g/mol. The zero-order chi connectivity index (χ0) is 23.5. The third kappa shape index (κ3) is 7.62. The van der Waals surface area contributed by atoms with Crippen molar-refractivity contribution in [1.82, 2.24) is 20.6 Å². The van der Waals surface area contributed by atoms with Crippen LogP contribution in [0.2, 0.25) is 0 Å². The Morgan fingerprint density at radius 2 is 1.75 bits per heavy atom. The van der Waals surface area contributed by atoms with Gasteiger partial charge in [-0.1, -0.05) is 18.2 Å². The first-order valence-corrected chi connectivity index (χ1v) is 10.3. The van der Waals surface area contributed by atoms with Crippen LogP contribution in [0.5, 0.6) is 0 Å². The molecule has 172 valence electrons. The van der Waals surface area contributed by atoms with Crippen molar-refractivity contribution >= 4 is 29.9 Å². The topological polar surface area (TPSA) is 154 Å². The number of nitrogens with zero attached hydrogens (tertiary/aromatic N) is 2. The molecule has 1 heterocycles. The standard InChI is InChI=1S/C21H27N5O3.CH2O2/c1-13(2)24-19(28)14-8-9-18(27)17(10-14)26-20(29)15-11-22-21(23-12-15)25-16-6-4-3-5-7-16;2-1-3/h3-7,11-14,17-18,27H,8-10H2,1-2H3,(H,24,28)(H,26,29)(H,22,23,25);1H,(H,2,3)/t14-,17+,18+;/m0./s1. The van der Waals surface area contributed by atoms with Crippen molar-refractivity contribution in [2.24, 2.45) is 5.92 Å². The Bertz CT molecular complexity index is 876. The smallest absolute Gasteiger partial charge is 0.290 e. The first kappa shape index (κ1) is 24.7. The van der Waals surface area contributed by atoms with E-state index < -0.39 is 12.1 Å². The van der Waals surface area contributed by atoms with E-state index in [1.165, 1.54) is 12.4 Å². The highest BCUT2D eigenvalue weighted by molar-refractivity contribution is 5.94. The summed E-state index contributed by atoms with van der Waals surface area (Å²) in [4.78, 5) is 41.5. The molecule has 1 aliphatic carbocycles. The van der Waals surface area contributed by atoms with Crippen molar-refractivity contribution in [2.45, 2.75) is 51.3 Å². The maximum atomic E-state index is 12.6. The quantitative estimate of drug-likeness (QED) is 0.423. The van der Waals surface area contributed by atoms with Crippen LogP contribution in [-0.2, 0) is 9.59 Å². The van der Waals surface area contributed by atoms with Gasteiger partial charge in [-0.15, -0.1) is 0 Å². The Hall–Kier alpha value is -3.53. The van der Waals surface area contributed by atoms with Crippen LogP contribution in [0.4, 0.5) is 11.6 Å². The Kier molecular flexibility index (Phi) is 9.55. The number of carbonyl (C=O) groups excluding carboxylic acids is 2. The normalized spacial score (nSPS) is 19.8. The molecule has 1 aliphatic rings. The average Bonchev–Trinajstić information content (AvgIpc) is 2.76. The molecule has 32 heavy (non-hydrogen) atoms. The summed E-state index contributed by atoms with van der Waals surface area (Å²) in [6, 6.07) is 9.06. The molecular formula is C22H29N5O5. The second-order valence-electron chi connectivity index (χ2n) is 7.71. The molecule has 0 unspecified atom stereocenters. The molecule has 1 saturated carbocycles. The van der Waals surface area contributed by atoms with Crippen LogP contribution in [-0.4, -0.2) is 56.7 Å². The Labute approximate surface area is 186 Å². The number of aliphatic hydroxyl groups excluding tert-OH is 1. The molecule has 0 radical (unpaired) electrons. The lowest BCUT2D eigenvalue weighted by Gasteiger charge is -2.33. The Morgan fingerprint density at radius 1 is 1.12 bits per heavy atom. The Balaban J connectivity index is 0.00000114. The lowest BCUT2D eigenvalue weighted by Crippen LogP contribution is -2.50. The maximum Gasteiger partial charge on any atom is 0.290 e. The molecule has 1 aromatic heterocycles. The number of hydrogen-bond acceptors (Lipinski definition) is 7. The molecule has 5 N–H and O–H groups in total. The van der Waals surface area contributed by atoms with Gasteiger partial charge in [0.05, 0.1) is 17.7 Å². The van der Waals surface area contributed by atoms with Gasteiger partial charge in [0.1, 0.15) is 0 Å². The van der Waals surface area contributed by atoms with E-state index in [-0.39, 0.29) is 30.2 Å². The van der Waals surface area contributed by atoms with Crippen LogP contribution in [0.3, 0.4) is 0 Å². The van der Waals surface area contributed by atoms with Crippen LogP contribution in [0.25, 0.3) is 0 Å². The van der Waals surface area contributed by atoms with Crippen molar-refractivity contribution in [3.8, 4) is 0 Å². The van der Waals surface area contributed by atoms with E-state index in [0.29, 0.717) is 30.8 Å². The summed E-state index contributed by atoms with van der Waals surface area (Å²) >= 11 is 0. The van der Waals surface area contributed by atoms with Gasteiger partial charge in [0.15, 0.2) is 0 Å². The summed E-state index contributed by atoms with van der Waals surface area (Å²) in [6.07, 6.45) is 3.67. The van der Waals surface area contributed by atoms with Crippen LogP contribution in [0, 0.1) is 5.92 Å². The summed E-state index contributed by atoms with van der Waals surface area (Å²) in [6.45, 7) is 3.57. The highest BCUT2D eigenvalue weighted by Gasteiger charge is 2.34. The summed E-state index contributed by atoms with van der Waals surface area (Å²) < 4.78 is 0. The first-order valence-electron chi connectivity index (χ1n) is 10.3. The van der Waals surface area contributed by atoms with E-state index in [9.17, 15) is 14.7 Å². The van der Waals surface area contributed by atoms with Gasteiger partial charge in [-0.25, -0.2) is 9.97 Å². The molecule has 10 heteroatoms. The Morgan fingerprint density at radius 3 is 2.34 bits per heavy atom. The number of carboxylic acid groups (broad SMARTS) is 1. The molecule has 0 bridgehead atoms. The highest BCUT2D eigenvalue weighted by atomic mass is 16.3. The number of aromatic nitrogens is 2. The van der Waals surface area contributed by atoms with Gasteiger partial charge >= 0.3 is 0 Å². The third-order valence-corrected chi connectivity index (χ3v) is 4.88. The minimum absolute atomic E-state index is 0.0363. The van der Waals surface area contributed by atoms with Gasteiger partial charge in [-0.05, 0) is 45.2 Å². The maximum absolute atomic E-state index is 12.6. The van der Waals surface area contributed by atoms with E-state index in [0.717, 1.165) is 5.69 Å². The molecule has 2 aromatic rings. The number of amides is 2. The molecule has 0 aliphatic heterocycles. The van der Waals surface area contributed by atoms with Crippen LogP contribution >= 0.6 is 0 Å². The summed E-state index contributed by atoms with van der Waals surface area (Å²) in [7, 11) is 0. The van der Waals surface area contributed by atoms with E-state index in [4.69, 9.17) is 9.90 Å². The lowest BCUT2D eigenvalue weighted by atomic mass is 9.83. The molecule has 0 spiro atoms. The molecule has 1 aromatic carbocycles. The minimum Gasteiger partial charge on any atom is -0.483 e. The van der Waals surface area contributed by atoms with Gasteiger partial charge < -0.3 is 26.2 Å². The van der Waals surface area contributed by atoms with Gasteiger partial charge in [-0.3, -0.25) is 14.4 Å². The second-order valence-corrected chi connectivity index (χ2v) is 7.71. The number of aliphatic hydroxyl groups is 1. The number of nitrogens with one attached hydrogen (secondary N) is 3. The van der Waals surface area contributed by atoms with Gasteiger partial charge in [0, 0.05) is 30.0 Å². The van der Waals surface area contributed by atoms with Crippen LogP contribution < -0.4 is 16.0 Å².